The molecule has 82 valence electrons. The summed E-state index contributed by atoms with van der Waals surface area (Å²) in [5, 5.41) is 28.5. The van der Waals surface area contributed by atoms with Crippen molar-refractivity contribution in [2.45, 2.75) is 0 Å². The Morgan fingerprint density at radius 3 is 2.88 bits per heavy atom. The summed E-state index contributed by atoms with van der Waals surface area (Å²) in [5.74, 6) is 0. The summed E-state index contributed by atoms with van der Waals surface area (Å²) in [6.07, 6.45) is 0. The molecule has 0 aliphatic carbocycles. The standard InChI is InChI=1S/C10H7N7/c1-17-10-3-2-7(4-9(10)15-16-17)13-14-8(5-11)6-12/h2-4,13H,1H3. The highest BCUT2D eigenvalue weighted by Gasteiger charge is 2.02. The molecule has 0 amide bonds. The molecule has 2 rings (SSSR count). The summed E-state index contributed by atoms with van der Waals surface area (Å²) in [6, 6.07) is 8.64. The number of rotatable bonds is 2. The van der Waals surface area contributed by atoms with E-state index < -0.39 is 0 Å². The van der Waals surface area contributed by atoms with Crippen LogP contribution in [0.5, 0.6) is 0 Å². The molecular weight excluding hydrogens is 218 g/mol. The summed E-state index contributed by atoms with van der Waals surface area (Å²) in [5.41, 5.74) is 4.62. The summed E-state index contributed by atoms with van der Waals surface area (Å²) >= 11 is 0. The second-order valence-corrected chi connectivity index (χ2v) is 3.21. The average Bonchev–Trinajstić information content (AvgIpc) is 2.72. The molecule has 0 spiro atoms. The zero-order valence-corrected chi connectivity index (χ0v) is 8.92. The van der Waals surface area contributed by atoms with Crippen molar-refractivity contribution in [3.05, 3.63) is 18.2 Å². The Morgan fingerprint density at radius 1 is 1.41 bits per heavy atom. The van der Waals surface area contributed by atoms with Crippen molar-refractivity contribution in [2.24, 2.45) is 12.1 Å². The van der Waals surface area contributed by atoms with Gasteiger partial charge in [0, 0.05) is 7.05 Å². The number of benzene rings is 1. The molecule has 0 radical (unpaired) electrons. The Morgan fingerprint density at radius 2 is 2.18 bits per heavy atom. The van der Waals surface area contributed by atoms with Crippen molar-refractivity contribution in [1.82, 2.24) is 15.0 Å². The van der Waals surface area contributed by atoms with E-state index in [1.165, 1.54) is 0 Å². The maximum absolute atomic E-state index is 8.51. The third-order valence-corrected chi connectivity index (χ3v) is 2.12. The molecule has 0 bridgehead atoms. The fourth-order valence-corrected chi connectivity index (χ4v) is 1.31. The lowest BCUT2D eigenvalue weighted by molar-refractivity contribution is 0.736. The number of nitrogens with zero attached hydrogens (tertiary/aromatic N) is 6. The van der Waals surface area contributed by atoms with Crippen molar-refractivity contribution in [3.8, 4) is 12.1 Å². The minimum atomic E-state index is -0.232. The molecule has 0 fully saturated rings. The first-order chi connectivity index (χ1) is 8.24. The van der Waals surface area contributed by atoms with Gasteiger partial charge in [-0.1, -0.05) is 5.21 Å². The molecule has 0 unspecified atom stereocenters. The van der Waals surface area contributed by atoms with Crippen molar-refractivity contribution < 1.29 is 0 Å². The quantitative estimate of drug-likeness (QED) is 0.601. The summed E-state index contributed by atoms with van der Waals surface area (Å²) < 4.78 is 1.65. The van der Waals surface area contributed by atoms with Gasteiger partial charge in [-0.25, -0.2) is 4.68 Å². The molecule has 0 aliphatic heterocycles. The molecule has 0 aliphatic rings. The normalized spacial score (nSPS) is 9.35. The number of hydrogen-bond donors (Lipinski definition) is 1. The highest BCUT2D eigenvalue weighted by atomic mass is 15.4. The molecule has 1 N–H and O–H groups in total. The first-order valence-corrected chi connectivity index (χ1v) is 4.68. The van der Waals surface area contributed by atoms with Crippen LogP contribution in [0, 0.1) is 22.7 Å². The van der Waals surface area contributed by atoms with Crippen molar-refractivity contribution in [3.63, 3.8) is 0 Å². The van der Waals surface area contributed by atoms with E-state index in [1.807, 2.05) is 6.07 Å². The van der Waals surface area contributed by atoms with Crippen LogP contribution in [0.4, 0.5) is 5.69 Å². The first-order valence-electron chi connectivity index (χ1n) is 4.68. The van der Waals surface area contributed by atoms with E-state index in [0.717, 1.165) is 5.52 Å². The number of aromatic nitrogens is 3. The van der Waals surface area contributed by atoms with Gasteiger partial charge in [0.2, 0.25) is 5.71 Å². The smallest absolute Gasteiger partial charge is 0.237 e. The van der Waals surface area contributed by atoms with Crippen molar-refractivity contribution in [2.75, 3.05) is 5.43 Å². The Kier molecular flexibility index (Phi) is 2.67. The predicted octanol–water partition coefficient (Wildman–Crippen LogP) is 0.783. The van der Waals surface area contributed by atoms with Gasteiger partial charge in [0.1, 0.15) is 17.7 Å². The van der Waals surface area contributed by atoms with Gasteiger partial charge in [-0.15, -0.1) is 5.10 Å². The van der Waals surface area contributed by atoms with E-state index in [9.17, 15) is 0 Å². The monoisotopic (exact) mass is 225 g/mol. The molecule has 2 aromatic rings. The molecule has 0 saturated heterocycles. The Labute approximate surface area is 96.6 Å². The van der Waals surface area contributed by atoms with Gasteiger partial charge >= 0.3 is 0 Å². The predicted molar refractivity (Wildman–Crippen MR) is 60.8 cm³/mol. The molecule has 1 aromatic heterocycles. The van der Waals surface area contributed by atoms with E-state index in [2.05, 4.69) is 20.8 Å². The van der Waals surface area contributed by atoms with Crippen LogP contribution < -0.4 is 5.43 Å². The van der Waals surface area contributed by atoms with Gasteiger partial charge in [0.05, 0.1) is 11.2 Å². The van der Waals surface area contributed by atoms with E-state index in [-0.39, 0.29) is 5.71 Å². The third kappa shape index (κ3) is 2.03. The number of anilines is 1. The minimum absolute atomic E-state index is 0.232. The number of aryl methyl sites for hydroxylation is 1. The molecule has 7 heteroatoms. The Hall–Kier alpha value is -2.93. The van der Waals surface area contributed by atoms with Crippen LogP contribution in [0.1, 0.15) is 0 Å². The number of fused-ring (bicyclic) bond motifs is 1. The third-order valence-electron chi connectivity index (χ3n) is 2.12. The van der Waals surface area contributed by atoms with Crippen molar-refractivity contribution >= 4 is 22.4 Å². The Balaban J connectivity index is 2.30. The molecule has 1 aromatic carbocycles. The first kappa shape index (κ1) is 10.6. The molecule has 0 saturated carbocycles. The van der Waals surface area contributed by atoms with E-state index in [1.54, 1.807) is 36.0 Å². The largest absolute Gasteiger partial charge is 0.276 e. The van der Waals surface area contributed by atoms with E-state index in [0.29, 0.717) is 11.2 Å². The van der Waals surface area contributed by atoms with Crippen LogP contribution >= 0.6 is 0 Å². The van der Waals surface area contributed by atoms with Crippen molar-refractivity contribution in [1.29, 1.82) is 10.5 Å². The van der Waals surface area contributed by atoms with E-state index >= 15 is 0 Å². The zero-order valence-electron chi connectivity index (χ0n) is 8.92. The number of hydrogen-bond acceptors (Lipinski definition) is 6. The highest BCUT2D eigenvalue weighted by Crippen LogP contribution is 2.16. The number of nitriles is 2. The average molecular weight is 225 g/mol. The van der Waals surface area contributed by atoms with Crippen LogP contribution in [-0.4, -0.2) is 20.7 Å². The highest BCUT2D eigenvalue weighted by molar-refractivity contribution is 6.10. The molecule has 17 heavy (non-hydrogen) atoms. The van der Waals surface area contributed by atoms with Gasteiger partial charge in [0.25, 0.3) is 0 Å². The zero-order chi connectivity index (χ0) is 12.3. The van der Waals surface area contributed by atoms with Crippen LogP contribution in [0.15, 0.2) is 23.3 Å². The van der Waals surface area contributed by atoms with Gasteiger partial charge in [-0.05, 0) is 18.2 Å². The van der Waals surface area contributed by atoms with Crippen LogP contribution in [-0.2, 0) is 7.05 Å². The van der Waals surface area contributed by atoms with Crippen LogP contribution in [0.2, 0.25) is 0 Å². The lowest BCUT2D eigenvalue weighted by Crippen LogP contribution is -1.96. The topological polar surface area (TPSA) is 103 Å². The van der Waals surface area contributed by atoms with Crippen LogP contribution in [0.25, 0.3) is 11.0 Å². The lowest BCUT2D eigenvalue weighted by atomic mass is 10.3. The SMILES string of the molecule is Cn1nnc2cc(NN=C(C#N)C#N)ccc21. The summed E-state index contributed by atoms with van der Waals surface area (Å²) in [4.78, 5) is 0. The number of hydrazone groups is 1. The molecular formula is C10H7N7. The molecule has 0 atom stereocenters. The van der Waals surface area contributed by atoms with Gasteiger partial charge in [-0.2, -0.15) is 15.6 Å². The van der Waals surface area contributed by atoms with Gasteiger partial charge in [-0.3, -0.25) is 5.43 Å². The van der Waals surface area contributed by atoms with Crippen LogP contribution in [0.3, 0.4) is 0 Å². The molecule has 7 nitrogen and oxygen atoms in total. The minimum Gasteiger partial charge on any atom is -0.276 e. The maximum Gasteiger partial charge on any atom is 0.237 e. The van der Waals surface area contributed by atoms with E-state index in [4.69, 9.17) is 10.5 Å². The summed E-state index contributed by atoms with van der Waals surface area (Å²) in [7, 11) is 1.80. The fourth-order valence-electron chi connectivity index (χ4n) is 1.31. The Bertz CT molecular complexity index is 652. The second-order valence-electron chi connectivity index (χ2n) is 3.21. The fraction of sp³-hybridized carbons (Fsp3) is 0.100. The maximum atomic E-state index is 8.51. The molecule has 1 heterocycles. The summed E-state index contributed by atoms with van der Waals surface area (Å²) in [6.45, 7) is 0. The second kappa shape index (κ2) is 4.29. The van der Waals surface area contributed by atoms with Gasteiger partial charge < -0.3 is 0 Å². The van der Waals surface area contributed by atoms with Gasteiger partial charge in [0.15, 0.2) is 0 Å². The lowest BCUT2D eigenvalue weighted by Gasteiger charge is -1.99. The number of nitrogens with one attached hydrogen (secondary N) is 1.